The van der Waals surface area contributed by atoms with Crippen LogP contribution in [0.2, 0.25) is 0 Å². The second kappa shape index (κ2) is 9.92. The van der Waals surface area contributed by atoms with Crippen molar-refractivity contribution in [1.29, 1.82) is 0 Å². The molecule has 0 spiro atoms. The third kappa shape index (κ3) is 5.30. The number of carbonyl (C=O) groups is 1. The maximum absolute atomic E-state index is 11.2. The molecular formula is C18H20IN4O4PS. The topological polar surface area (TPSA) is 97.7 Å². The minimum Gasteiger partial charge on any atom is -0.491 e. The Kier molecular flexibility index (Phi) is 7.55. The minimum absolute atomic E-state index is 0.159. The molecule has 0 aliphatic carbocycles. The highest BCUT2D eigenvalue weighted by atomic mass is 127. The van der Waals surface area contributed by atoms with E-state index in [4.69, 9.17) is 14.2 Å². The summed E-state index contributed by atoms with van der Waals surface area (Å²) in [6.45, 7) is 5.21. The zero-order valence-corrected chi connectivity index (χ0v) is 20.1. The third-order valence-electron chi connectivity index (χ3n) is 4.21. The van der Waals surface area contributed by atoms with Crippen LogP contribution in [0.15, 0.2) is 18.3 Å². The standard InChI is InChI=1S/C18H20IN4O4PS/c1-10-11(2)29-18-15(10)17(23(3)9-14(24)25)21-16(22-18)13-8-12(4-5-20-13)26-6-7-27-28-19/h4-5,8,28H,6-7,9H2,1-3H3,(H,24,25). The zero-order chi connectivity index (χ0) is 21.0. The van der Waals surface area contributed by atoms with Gasteiger partial charge in [0.05, 0.1) is 18.4 Å². The highest BCUT2D eigenvalue weighted by Crippen LogP contribution is 2.36. The van der Waals surface area contributed by atoms with E-state index in [-0.39, 0.29) is 6.54 Å². The van der Waals surface area contributed by atoms with E-state index in [1.165, 1.54) is 0 Å². The van der Waals surface area contributed by atoms with Crippen LogP contribution in [0.4, 0.5) is 5.82 Å². The highest BCUT2D eigenvalue weighted by Gasteiger charge is 2.20. The molecule has 8 nitrogen and oxygen atoms in total. The Bertz CT molecular complexity index is 1030. The molecular weight excluding hydrogens is 526 g/mol. The second-order valence-corrected chi connectivity index (χ2v) is 9.20. The summed E-state index contributed by atoms with van der Waals surface area (Å²) in [5.74, 6) is 0.742. The number of hydrogen-bond donors (Lipinski definition) is 1. The molecule has 1 N–H and O–H groups in total. The molecule has 0 aliphatic heterocycles. The molecule has 1 unspecified atom stereocenters. The fourth-order valence-corrected chi connectivity index (χ4v) is 4.60. The normalized spacial score (nSPS) is 11.4. The van der Waals surface area contributed by atoms with E-state index >= 15 is 0 Å². The summed E-state index contributed by atoms with van der Waals surface area (Å²) in [6, 6.07) is 3.55. The van der Waals surface area contributed by atoms with Crippen molar-refractivity contribution in [3.05, 3.63) is 28.8 Å². The zero-order valence-electron chi connectivity index (χ0n) is 16.1. The van der Waals surface area contributed by atoms with Crippen molar-refractivity contribution < 1.29 is 19.2 Å². The number of carboxylic acid groups (broad SMARTS) is 1. The van der Waals surface area contributed by atoms with Crippen molar-refractivity contribution >= 4 is 61.8 Å². The van der Waals surface area contributed by atoms with Gasteiger partial charge in [0.1, 0.15) is 35.2 Å². The van der Waals surface area contributed by atoms with Gasteiger partial charge in [-0.1, -0.05) is 0 Å². The van der Waals surface area contributed by atoms with E-state index in [0.29, 0.717) is 42.7 Å². The lowest BCUT2D eigenvalue weighted by Crippen LogP contribution is -2.26. The van der Waals surface area contributed by atoms with Gasteiger partial charge in [-0.2, -0.15) is 0 Å². The van der Waals surface area contributed by atoms with Gasteiger partial charge in [-0.15, -0.1) is 11.3 Å². The van der Waals surface area contributed by atoms with E-state index < -0.39 is 5.97 Å². The Morgan fingerprint density at radius 1 is 1.34 bits per heavy atom. The number of carboxylic acids is 1. The van der Waals surface area contributed by atoms with Crippen LogP contribution in [0.1, 0.15) is 10.4 Å². The SMILES string of the molecule is Cc1sc2nc(-c3cc(OCCOPI)ccn3)nc(N(C)CC(=O)O)c2c1C. The lowest BCUT2D eigenvalue weighted by molar-refractivity contribution is -0.135. The van der Waals surface area contributed by atoms with Crippen molar-refractivity contribution in [2.45, 2.75) is 13.8 Å². The number of aromatic nitrogens is 3. The summed E-state index contributed by atoms with van der Waals surface area (Å²) in [7, 11) is 1.72. The number of pyridine rings is 1. The van der Waals surface area contributed by atoms with Crippen LogP contribution < -0.4 is 9.64 Å². The number of halogens is 1. The number of hydrogen-bond acceptors (Lipinski definition) is 8. The molecule has 3 aromatic rings. The average Bonchev–Trinajstić information content (AvgIpc) is 2.98. The first-order chi connectivity index (χ1) is 13.9. The number of anilines is 1. The third-order valence-corrected chi connectivity index (χ3v) is 6.56. The Balaban J connectivity index is 2.01. The first kappa shape index (κ1) is 22.1. The van der Waals surface area contributed by atoms with Crippen LogP contribution in [0.3, 0.4) is 0 Å². The number of ether oxygens (including phenoxy) is 1. The molecule has 0 radical (unpaired) electrons. The maximum Gasteiger partial charge on any atom is 0.323 e. The molecule has 154 valence electrons. The molecule has 0 amide bonds. The molecule has 29 heavy (non-hydrogen) atoms. The molecule has 3 heterocycles. The average molecular weight is 546 g/mol. The summed E-state index contributed by atoms with van der Waals surface area (Å²) < 4.78 is 11.0. The van der Waals surface area contributed by atoms with Gasteiger partial charge in [0.15, 0.2) is 5.82 Å². The molecule has 0 aromatic carbocycles. The van der Waals surface area contributed by atoms with Gasteiger partial charge in [0.25, 0.3) is 0 Å². The van der Waals surface area contributed by atoms with Gasteiger partial charge < -0.3 is 19.3 Å². The summed E-state index contributed by atoms with van der Waals surface area (Å²) >= 11 is 3.73. The number of aryl methyl sites for hydroxylation is 2. The van der Waals surface area contributed by atoms with Gasteiger partial charge in [-0.05, 0) is 47.5 Å². The van der Waals surface area contributed by atoms with E-state index in [1.807, 2.05) is 13.8 Å². The predicted molar refractivity (Wildman–Crippen MR) is 125 cm³/mol. The smallest absolute Gasteiger partial charge is 0.323 e. The largest absolute Gasteiger partial charge is 0.491 e. The quantitative estimate of drug-likeness (QED) is 0.242. The summed E-state index contributed by atoms with van der Waals surface area (Å²) in [5.41, 5.74) is 1.62. The van der Waals surface area contributed by atoms with Crippen molar-refractivity contribution in [2.24, 2.45) is 0 Å². The molecule has 1 atom stereocenters. The van der Waals surface area contributed by atoms with E-state index in [2.05, 4.69) is 32.0 Å². The lowest BCUT2D eigenvalue weighted by Gasteiger charge is -2.18. The number of likely N-dealkylation sites (N-methyl/N-ethyl adjacent to an activating group) is 1. The lowest BCUT2D eigenvalue weighted by atomic mass is 10.2. The van der Waals surface area contributed by atoms with Crippen LogP contribution in [0.25, 0.3) is 21.7 Å². The molecule has 11 heteroatoms. The molecule has 0 fully saturated rings. The van der Waals surface area contributed by atoms with E-state index in [1.54, 1.807) is 41.6 Å². The van der Waals surface area contributed by atoms with E-state index in [9.17, 15) is 9.90 Å². The van der Waals surface area contributed by atoms with Crippen molar-refractivity contribution in [2.75, 3.05) is 31.7 Å². The summed E-state index contributed by atoms with van der Waals surface area (Å²) in [5, 5.41) is 10.1. The van der Waals surface area contributed by atoms with Crippen molar-refractivity contribution in [3.63, 3.8) is 0 Å². The van der Waals surface area contributed by atoms with E-state index in [0.717, 1.165) is 20.7 Å². The van der Waals surface area contributed by atoms with Crippen LogP contribution >= 0.6 is 39.8 Å². The van der Waals surface area contributed by atoms with Crippen molar-refractivity contribution in [1.82, 2.24) is 15.0 Å². The Morgan fingerprint density at radius 2 is 2.14 bits per heavy atom. The van der Waals surface area contributed by atoms with Gasteiger partial charge in [0.2, 0.25) is 0 Å². The molecule has 0 aliphatic rings. The number of rotatable bonds is 9. The minimum atomic E-state index is -0.923. The molecule has 3 rings (SSSR count). The fourth-order valence-electron chi connectivity index (χ4n) is 2.76. The van der Waals surface area contributed by atoms with Crippen molar-refractivity contribution in [3.8, 4) is 17.3 Å². The fraction of sp³-hybridized carbons (Fsp3) is 0.333. The van der Waals surface area contributed by atoms with Crippen LogP contribution in [-0.4, -0.2) is 52.8 Å². The molecule has 0 saturated heterocycles. The van der Waals surface area contributed by atoms with Gasteiger partial charge >= 0.3 is 5.97 Å². The molecule has 0 bridgehead atoms. The van der Waals surface area contributed by atoms with Crippen LogP contribution in [0.5, 0.6) is 5.75 Å². The number of aliphatic carboxylic acids is 1. The van der Waals surface area contributed by atoms with Crippen LogP contribution in [-0.2, 0) is 9.32 Å². The monoisotopic (exact) mass is 546 g/mol. The Hall–Kier alpha value is -1.62. The Morgan fingerprint density at radius 3 is 2.86 bits per heavy atom. The first-order valence-electron chi connectivity index (χ1n) is 8.68. The number of thiophene rings is 1. The van der Waals surface area contributed by atoms with Crippen LogP contribution in [0, 0.1) is 13.8 Å². The predicted octanol–water partition coefficient (Wildman–Crippen LogP) is 4.23. The number of nitrogens with zero attached hydrogens (tertiary/aromatic N) is 4. The van der Waals surface area contributed by atoms with Gasteiger partial charge in [-0.25, -0.2) is 9.97 Å². The highest BCUT2D eigenvalue weighted by molar-refractivity contribution is 14.2. The second-order valence-electron chi connectivity index (χ2n) is 6.23. The maximum atomic E-state index is 11.2. The summed E-state index contributed by atoms with van der Waals surface area (Å²) in [6.07, 6.45) is 1.64. The number of fused-ring (bicyclic) bond motifs is 1. The van der Waals surface area contributed by atoms with Gasteiger partial charge in [0, 0.05) is 24.2 Å². The summed E-state index contributed by atoms with van der Waals surface area (Å²) in [4.78, 5) is 28.5. The first-order valence-corrected chi connectivity index (χ1v) is 13.5. The molecule has 3 aromatic heterocycles. The van der Waals surface area contributed by atoms with Gasteiger partial charge in [-0.3, -0.25) is 9.78 Å². The Labute approximate surface area is 187 Å². The molecule has 0 saturated carbocycles.